The minimum absolute atomic E-state index is 0.141. The number of aliphatic hydroxyl groups excluding tert-OH is 1. The van der Waals surface area contributed by atoms with Gasteiger partial charge in [-0.1, -0.05) is 37.3 Å². The molecule has 3 N–H and O–H groups in total. The molecule has 5 nitrogen and oxygen atoms in total. The van der Waals surface area contributed by atoms with Crippen LogP contribution in [0.25, 0.3) is 0 Å². The van der Waals surface area contributed by atoms with Crippen molar-refractivity contribution in [3.05, 3.63) is 60.2 Å². The standard InChI is InChI=1S/C19H24N2O3/c1-15(11-12-22)13-20-19(23)21-14-16-7-9-18(10-8-16)24-17-5-3-2-4-6-17/h2-10,15,22H,11-14H2,1H3,(H2,20,21,23). The number of rotatable bonds is 8. The molecule has 24 heavy (non-hydrogen) atoms. The number of para-hydroxylation sites is 1. The molecule has 0 heterocycles. The van der Waals surface area contributed by atoms with Crippen molar-refractivity contribution in [1.82, 2.24) is 10.6 Å². The SMILES string of the molecule is CC(CCO)CNC(=O)NCc1ccc(Oc2ccccc2)cc1. The molecule has 0 saturated carbocycles. The lowest BCUT2D eigenvalue weighted by molar-refractivity contribution is 0.233. The number of ether oxygens (including phenoxy) is 1. The van der Waals surface area contributed by atoms with Gasteiger partial charge in [-0.15, -0.1) is 0 Å². The molecule has 5 heteroatoms. The molecule has 2 rings (SSSR count). The molecule has 128 valence electrons. The summed E-state index contributed by atoms with van der Waals surface area (Å²) in [6, 6.07) is 17.0. The van der Waals surface area contributed by atoms with E-state index in [0.717, 1.165) is 17.1 Å². The van der Waals surface area contributed by atoms with E-state index in [-0.39, 0.29) is 18.6 Å². The monoisotopic (exact) mass is 328 g/mol. The number of amides is 2. The van der Waals surface area contributed by atoms with E-state index in [0.29, 0.717) is 19.5 Å². The number of nitrogens with one attached hydrogen (secondary N) is 2. The molecule has 0 aliphatic carbocycles. The van der Waals surface area contributed by atoms with E-state index in [2.05, 4.69) is 10.6 Å². The maximum Gasteiger partial charge on any atom is 0.315 e. The first-order chi connectivity index (χ1) is 11.7. The number of carbonyl (C=O) groups is 1. The first-order valence-electron chi connectivity index (χ1n) is 8.12. The Morgan fingerprint density at radius 1 is 1.04 bits per heavy atom. The van der Waals surface area contributed by atoms with Crippen molar-refractivity contribution >= 4 is 6.03 Å². The minimum Gasteiger partial charge on any atom is -0.457 e. The molecule has 1 atom stereocenters. The average molecular weight is 328 g/mol. The van der Waals surface area contributed by atoms with Crippen LogP contribution in [0.2, 0.25) is 0 Å². The molecule has 0 aromatic heterocycles. The zero-order valence-electron chi connectivity index (χ0n) is 13.9. The van der Waals surface area contributed by atoms with Gasteiger partial charge in [0.05, 0.1) is 0 Å². The van der Waals surface area contributed by atoms with Gasteiger partial charge in [0.25, 0.3) is 0 Å². The molecular formula is C19H24N2O3. The predicted molar refractivity (Wildman–Crippen MR) is 94.1 cm³/mol. The summed E-state index contributed by atoms with van der Waals surface area (Å²) in [6.45, 7) is 3.13. The summed E-state index contributed by atoms with van der Waals surface area (Å²) in [7, 11) is 0. The van der Waals surface area contributed by atoms with Crippen LogP contribution in [0.5, 0.6) is 11.5 Å². The zero-order chi connectivity index (χ0) is 17.2. The van der Waals surface area contributed by atoms with Gasteiger partial charge in [-0.25, -0.2) is 4.79 Å². The number of urea groups is 1. The summed E-state index contributed by atoms with van der Waals surface area (Å²) in [4.78, 5) is 11.7. The van der Waals surface area contributed by atoms with Crippen molar-refractivity contribution in [2.24, 2.45) is 5.92 Å². The molecule has 0 saturated heterocycles. The Morgan fingerprint density at radius 3 is 2.38 bits per heavy atom. The zero-order valence-corrected chi connectivity index (χ0v) is 13.9. The fraction of sp³-hybridized carbons (Fsp3) is 0.316. The third-order valence-corrected chi connectivity index (χ3v) is 3.59. The fourth-order valence-electron chi connectivity index (χ4n) is 2.13. The number of hydrogen-bond donors (Lipinski definition) is 3. The third-order valence-electron chi connectivity index (χ3n) is 3.59. The van der Waals surface area contributed by atoms with Gasteiger partial charge in [-0.2, -0.15) is 0 Å². The van der Waals surface area contributed by atoms with Gasteiger partial charge in [0.1, 0.15) is 11.5 Å². The summed E-state index contributed by atoms with van der Waals surface area (Å²) < 4.78 is 5.73. The highest BCUT2D eigenvalue weighted by Crippen LogP contribution is 2.20. The van der Waals surface area contributed by atoms with E-state index in [1.165, 1.54) is 0 Å². The van der Waals surface area contributed by atoms with E-state index >= 15 is 0 Å². The van der Waals surface area contributed by atoms with Gasteiger partial charge in [0, 0.05) is 19.7 Å². The first kappa shape index (κ1) is 17.8. The molecule has 0 aliphatic heterocycles. The number of hydrogen-bond acceptors (Lipinski definition) is 3. The molecule has 0 bridgehead atoms. The van der Waals surface area contributed by atoms with Crippen LogP contribution in [-0.2, 0) is 6.54 Å². The van der Waals surface area contributed by atoms with Gasteiger partial charge < -0.3 is 20.5 Å². The van der Waals surface area contributed by atoms with Crippen molar-refractivity contribution < 1.29 is 14.6 Å². The maximum atomic E-state index is 11.7. The summed E-state index contributed by atoms with van der Waals surface area (Å²) in [5, 5.41) is 14.4. The Kier molecular flexibility index (Phi) is 7.11. The van der Waals surface area contributed by atoms with E-state index in [4.69, 9.17) is 9.84 Å². The lowest BCUT2D eigenvalue weighted by Gasteiger charge is -2.12. The second-order valence-electron chi connectivity index (χ2n) is 5.74. The molecule has 0 aliphatic rings. The summed E-state index contributed by atoms with van der Waals surface area (Å²) in [5.41, 5.74) is 0.994. The second kappa shape index (κ2) is 9.57. The highest BCUT2D eigenvalue weighted by Gasteiger charge is 2.05. The Labute approximate surface area is 142 Å². The van der Waals surface area contributed by atoms with E-state index < -0.39 is 0 Å². The molecular weight excluding hydrogens is 304 g/mol. The van der Waals surface area contributed by atoms with E-state index in [1.54, 1.807) is 0 Å². The van der Waals surface area contributed by atoms with Crippen molar-refractivity contribution in [2.75, 3.05) is 13.2 Å². The third kappa shape index (κ3) is 6.30. The Morgan fingerprint density at radius 2 is 1.71 bits per heavy atom. The molecule has 2 aromatic carbocycles. The van der Waals surface area contributed by atoms with Crippen molar-refractivity contribution in [1.29, 1.82) is 0 Å². The molecule has 1 unspecified atom stereocenters. The fourth-order valence-corrected chi connectivity index (χ4v) is 2.13. The van der Waals surface area contributed by atoms with Crippen LogP contribution < -0.4 is 15.4 Å². The van der Waals surface area contributed by atoms with Crippen LogP contribution in [-0.4, -0.2) is 24.3 Å². The van der Waals surface area contributed by atoms with Crippen molar-refractivity contribution in [3.8, 4) is 11.5 Å². The van der Waals surface area contributed by atoms with Crippen LogP contribution in [0.1, 0.15) is 18.9 Å². The van der Waals surface area contributed by atoms with Gasteiger partial charge in [0.15, 0.2) is 0 Å². The smallest absolute Gasteiger partial charge is 0.315 e. The van der Waals surface area contributed by atoms with Gasteiger partial charge in [0.2, 0.25) is 0 Å². The molecule has 0 radical (unpaired) electrons. The van der Waals surface area contributed by atoms with Gasteiger partial charge in [-0.3, -0.25) is 0 Å². The van der Waals surface area contributed by atoms with Crippen LogP contribution in [0.4, 0.5) is 4.79 Å². The van der Waals surface area contributed by atoms with E-state index in [9.17, 15) is 4.79 Å². The topological polar surface area (TPSA) is 70.6 Å². The highest BCUT2D eigenvalue weighted by atomic mass is 16.5. The second-order valence-corrected chi connectivity index (χ2v) is 5.74. The molecule has 0 fully saturated rings. The molecule has 2 amide bonds. The molecule has 2 aromatic rings. The van der Waals surface area contributed by atoms with Crippen LogP contribution in [0.15, 0.2) is 54.6 Å². The number of carbonyl (C=O) groups excluding carboxylic acids is 1. The number of benzene rings is 2. The Hall–Kier alpha value is -2.53. The quantitative estimate of drug-likeness (QED) is 0.696. The van der Waals surface area contributed by atoms with Crippen LogP contribution in [0, 0.1) is 5.92 Å². The van der Waals surface area contributed by atoms with Crippen LogP contribution in [0.3, 0.4) is 0 Å². The lowest BCUT2D eigenvalue weighted by atomic mass is 10.1. The molecule has 0 spiro atoms. The largest absolute Gasteiger partial charge is 0.457 e. The number of aliphatic hydroxyl groups is 1. The summed E-state index contributed by atoms with van der Waals surface area (Å²) in [5.74, 6) is 1.81. The van der Waals surface area contributed by atoms with Gasteiger partial charge >= 0.3 is 6.03 Å². The highest BCUT2D eigenvalue weighted by molar-refractivity contribution is 5.73. The average Bonchev–Trinajstić information content (AvgIpc) is 2.60. The lowest BCUT2D eigenvalue weighted by Crippen LogP contribution is -2.37. The minimum atomic E-state index is -0.204. The van der Waals surface area contributed by atoms with Gasteiger partial charge in [-0.05, 0) is 42.2 Å². The maximum absolute atomic E-state index is 11.7. The normalized spacial score (nSPS) is 11.6. The summed E-state index contributed by atoms with van der Waals surface area (Å²) >= 11 is 0. The van der Waals surface area contributed by atoms with Crippen molar-refractivity contribution in [3.63, 3.8) is 0 Å². The van der Waals surface area contributed by atoms with Crippen molar-refractivity contribution in [2.45, 2.75) is 19.9 Å². The summed E-state index contributed by atoms with van der Waals surface area (Å²) in [6.07, 6.45) is 0.684. The Balaban J connectivity index is 1.74. The Bertz CT molecular complexity index is 614. The van der Waals surface area contributed by atoms with Crippen LogP contribution >= 0.6 is 0 Å². The predicted octanol–water partition coefficient (Wildman–Crippen LogP) is 3.30. The first-order valence-corrected chi connectivity index (χ1v) is 8.12. The van der Waals surface area contributed by atoms with E-state index in [1.807, 2.05) is 61.5 Å².